The molecule has 2 rings (SSSR count). The van der Waals surface area contributed by atoms with Crippen LogP contribution in [0.15, 0.2) is 48.5 Å². The minimum Gasteiger partial charge on any atom is -0.490 e. The second kappa shape index (κ2) is 7.96. The third-order valence-corrected chi connectivity index (χ3v) is 3.69. The lowest BCUT2D eigenvalue weighted by atomic mass is 10.3. The Balaban J connectivity index is 1.79. The molecular weight excluding hydrogens is 323 g/mol. The van der Waals surface area contributed by atoms with Gasteiger partial charge < -0.3 is 15.0 Å². The number of anilines is 1. The van der Waals surface area contributed by atoms with Crippen LogP contribution in [0.1, 0.15) is 0 Å². The fourth-order valence-electron chi connectivity index (χ4n) is 1.71. The van der Waals surface area contributed by atoms with Gasteiger partial charge in [0.05, 0.1) is 11.6 Å². The number of halogens is 2. The molecule has 22 heavy (non-hydrogen) atoms. The van der Waals surface area contributed by atoms with Gasteiger partial charge in [0.1, 0.15) is 18.2 Å². The maximum absolute atomic E-state index is 12.8. The number of ether oxygens (including phenoxy) is 1. The first-order valence-corrected chi connectivity index (χ1v) is 7.50. The van der Waals surface area contributed by atoms with E-state index in [0.29, 0.717) is 29.0 Å². The molecule has 0 amide bonds. The second-order valence-electron chi connectivity index (χ2n) is 4.64. The molecule has 0 heterocycles. The molecule has 1 N–H and O–H groups in total. The highest BCUT2D eigenvalue weighted by atomic mass is 35.5. The summed E-state index contributed by atoms with van der Waals surface area (Å²) in [5.74, 6) is 0.368. The van der Waals surface area contributed by atoms with Crippen LogP contribution >= 0.6 is 23.8 Å². The van der Waals surface area contributed by atoms with Crippen LogP contribution in [0.4, 0.5) is 10.1 Å². The van der Waals surface area contributed by atoms with Gasteiger partial charge in [0.25, 0.3) is 0 Å². The molecule has 116 valence electrons. The van der Waals surface area contributed by atoms with E-state index in [1.54, 1.807) is 18.2 Å². The van der Waals surface area contributed by atoms with Crippen LogP contribution in [0.25, 0.3) is 0 Å². The Morgan fingerprint density at radius 3 is 2.59 bits per heavy atom. The van der Waals surface area contributed by atoms with Crippen LogP contribution in [0.2, 0.25) is 5.02 Å². The fraction of sp³-hybridized carbons (Fsp3) is 0.188. The Bertz CT molecular complexity index is 636. The normalized spacial score (nSPS) is 10.1. The van der Waals surface area contributed by atoms with E-state index >= 15 is 0 Å². The molecule has 0 aliphatic heterocycles. The minimum atomic E-state index is -0.280. The Morgan fingerprint density at radius 1 is 1.23 bits per heavy atom. The zero-order valence-electron chi connectivity index (χ0n) is 12.1. The van der Waals surface area contributed by atoms with Crippen molar-refractivity contribution in [2.24, 2.45) is 0 Å². The van der Waals surface area contributed by atoms with Crippen LogP contribution in [0.3, 0.4) is 0 Å². The van der Waals surface area contributed by atoms with Crippen LogP contribution in [-0.4, -0.2) is 30.2 Å². The summed E-state index contributed by atoms with van der Waals surface area (Å²) >= 11 is 11.3. The zero-order valence-corrected chi connectivity index (χ0v) is 13.6. The summed E-state index contributed by atoms with van der Waals surface area (Å²) in [4.78, 5) is 1.84. The molecular formula is C16H16ClFN2OS. The van der Waals surface area contributed by atoms with Gasteiger partial charge in [0.2, 0.25) is 0 Å². The third-order valence-electron chi connectivity index (χ3n) is 2.96. The highest BCUT2D eigenvalue weighted by Crippen LogP contribution is 2.22. The van der Waals surface area contributed by atoms with E-state index in [4.69, 9.17) is 28.6 Å². The SMILES string of the molecule is CN(CCOc1ccccc1Cl)C(=S)Nc1ccc(F)cc1. The average molecular weight is 339 g/mol. The summed E-state index contributed by atoms with van der Waals surface area (Å²) < 4.78 is 18.5. The number of hydrogen-bond donors (Lipinski definition) is 1. The first-order valence-electron chi connectivity index (χ1n) is 6.71. The first kappa shape index (κ1) is 16.5. The average Bonchev–Trinajstić information content (AvgIpc) is 2.51. The van der Waals surface area contributed by atoms with E-state index in [1.165, 1.54) is 12.1 Å². The van der Waals surface area contributed by atoms with Crippen molar-refractivity contribution < 1.29 is 9.13 Å². The van der Waals surface area contributed by atoms with Crippen molar-refractivity contribution in [2.75, 3.05) is 25.5 Å². The van der Waals surface area contributed by atoms with Crippen LogP contribution < -0.4 is 10.1 Å². The van der Waals surface area contributed by atoms with Crippen molar-refractivity contribution in [3.63, 3.8) is 0 Å². The molecule has 0 saturated carbocycles. The quantitative estimate of drug-likeness (QED) is 0.826. The predicted molar refractivity (Wildman–Crippen MR) is 92.2 cm³/mol. The molecule has 3 nitrogen and oxygen atoms in total. The molecule has 2 aromatic rings. The number of likely N-dealkylation sites (N-methyl/N-ethyl adjacent to an activating group) is 1. The monoisotopic (exact) mass is 338 g/mol. The van der Waals surface area contributed by atoms with E-state index in [-0.39, 0.29) is 5.82 Å². The number of thiocarbonyl (C=S) groups is 1. The van der Waals surface area contributed by atoms with Crippen LogP contribution in [0.5, 0.6) is 5.75 Å². The molecule has 0 spiro atoms. The predicted octanol–water partition coefficient (Wildman–Crippen LogP) is 4.19. The smallest absolute Gasteiger partial charge is 0.173 e. The standard InChI is InChI=1S/C16H16ClFN2OS/c1-20(10-11-21-15-5-3-2-4-14(15)17)16(22)19-13-8-6-12(18)7-9-13/h2-9H,10-11H2,1H3,(H,19,22). The number of benzene rings is 2. The fourth-order valence-corrected chi connectivity index (χ4v) is 2.11. The van der Waals surface area contributed by atoms with E-state index < -0.39 is 0 Å². The Hall–Kier alpha value is -1.85. The van der Waals surface area contributed by atoms with Crippen molar-refractivity contribution in [1.82, 2.24) is 4.90 Å². The number of rotatable bonds is 5. The summed E-state index contributed by atoms with van der Waals surface area (Å²) in [7, 11) is 1.86. The van der Waals surface area contributed by atoms with Gasteiger partial charge in [-0.05, 0) is 48.6 Å². The van der Waals surface area contributed by atoms with E-state index in [0.717, 1.165) is 5.69 Å². The summed E-state index contributed by atoms with van der Waals surface area (Å²) in [6.45, 7) is 1.05. The van der Waals surface area contributed by atoms with Gasteiger partial charge in [-0.1, -0.05) is 23.7 Å². The molecule has 0 radical (unpaired) electrons. The van der Waals surface area contributed by atoms with E-state index in [9.17, 15) is 4.39 Å². The lowest BCUT2D eigenvalue weighted by Gasteiger charge is -2.21. The van der Waals surface area contributed by atoms with Crippen molar-refractivity contribution in [2.45, 2.75) is 0 Å². The Kier molecular flexibility index (Phi) is 5.98. The molecule has 0 unspecified atom stereocenters. The number of para-hydroxylation sites is 1. The summed E-state index contributed by atoms with van der Waals surface area (Å²) in [5.41, 5.74) is 0.741. The topological polar surface area (TPSA) is 24.5 Å². The minimum absolute atomic E-state index is 0.280. The molecule has 0 saturated heterocycles. The molecule has 0 atom stereocenters. The third kappa shape index (κ3) is 4.86. The van der Waals surface area contributed by atoms with Gasteiger partial charge in [-0.3, -0.25) is 0 Å². The van der Waals surface area contributed by atoms with E-state index in [1.807, 2.05) is 30.1 Å². The second-order valence-corrected chi connectivity index (χ2v) is 5.43. The van der Waals surface area contributed by atoms with Gasteiger partial charge in [0, 0.05) is 12.7 Å². The molecule has 6 heteroatoms. The maximum atomic E-state index is 12.8. The number of nitrogens with zero attached hydrogens (tertiary/aromatic N) is 1. The van der Waals surface area contributed by atoms with Crippen molar-refractivity contribution in [3.8, 4) is 5.75 Å². The van der Waals surface area contributed by atoms with Crippen molar-refractivity contribution in [3.05, 3.63) is 59.4 Å². The molecule has 0 bridgehead atoms. The molecule has 0 aliphatic rings. The number of hydrogen-bond acceptors (Lipinski definition) is 2. The summed E-state index contributed by atoms with van der Waals surface area (Å²) in [6, 6.07) is 13.3. The zero-order chi connectivity index (χ0) is 15.9. The molecule has 0 aliphatic carbocycles. The number of nitrogens with one attached hydrogen (secondary N) is 1. The van der Waals surface area contributed by atoms with Gasteiger partial charge in [0.15, 0.2) is 5.11 Å². The van der Waals surface area contributed by atoms with E-state index in [2.05, 4.69) is 5.32 Å². The van der Waals surface area contributed by atoms with Gasteiger partial charge >= 0.3 is 0 Å². The molecule has 0 aromatic heterocycles. The van der Waals surface area contributed by atoms with Gasteiger partial charge in [-0.15, -0.1) is 0 Å². The lowest BCUT2D eigenvalue weighted by molar-refractivity contribution is 0.285. The van der Waals surface area contributed by atoms with Crippen molar-refractivity contribution >= 4 is 34.6 Å². The van der Waals surface area contributed by atoms with Crippen molar-refractivity contribution in [1.29, 1.82) is 0 Å². The van der Waals surface area contributed by atoms with Crippen LogP contribution in [0, 0.1) is 5.82 Å². The molecule has 0 fully saturated rings. The maximum Gasteiger partial charge on any atom is 0.173 e. The first-order chi connectivity index (χ1) is 10.6. The largest absolute Gasteiger partial charge is 0.490 e. The van der Waals surface area contributed by atoms with Crippen LogP contribution in [-0.2, 0) is 0 Å². The highest BCUT2D eigenvalue weighted by molar-refractivity contribution is 7.80. The Morgan fingerprint density at radius 2 is 1.91 bits per heavy atom. The van der Waals surface area contributed by atoms with Gasteiger partial charge in [-0.2, -0.15) is 0 Å². The highest BCUT2D eigenvalue weighted by Gasteiger charge is 2.06. The summed E-state index contributed by atoms with van der Waals surface area (Å²) in [5, 5.41) is 4.16. The molecule has 2 aromatic carbocycles. The van der Waals surface area contributed by atoms with Gasteiger partial charge in [-0.25, -0.2) is 4.39 Å². The lowest BCUT2D eigenvalue weighted by Crippen LogP contribution is -2.34. The summed E-state index contributed by atoms with van der Waals surface area (Å²) in [6.07, 6.45) is 0. The Labute approximate surface area is 139 Å².